The zero-order valence-electron chi connectivity index (χ0n) is 20.8. The Balaban J connectivity index is 1.52. The van der Waals surface area contributed by atoms with E-state index < -0.39 is 23.4 Å². The van der Waals surface area contributed by atoms with Gasteiger partial charge in [-0.05, 0) is 43.2 Å². The van der Waals surface area contributed by atoms with Crippen molar-refractivity contribution in [2.45, 2.75) is 38.3 Å². The van der Waals surface area contributed by atoms with Crippen LogP contribution in [0.15, 0.2) is 59.1 Å². The summed E-state index contributed by atoms with van der Waals surface area (Å²) in [7, 11) is 0. The Kier molecular flexibility index (Phi) is 6.27. The van der Waals surface area contributed by atoms with Gasteiger partial charge in [-0.1, -0.05) is 30.3 Å². The van der Waals surface area contributed by atoms with Crippen LogP contribution < -0.4 is 16.0 Å². The van der Waals surface area contributed by atoms with E-state index in [0.717, 1.165) is 11.1 Å². The molecule has 0 unspecified atom stereocenters. The zero-order chi connectivity index (χ0) is 27.1. The van der Waals surface area contributed by atoms with Crippen molar-refractivity contribution in [3.63, 3.8) is 0 Å². The second-order valence-corrected chi connectivity index (χ2v) is 9.51. The maximum atomic E-state index is 13.7. The molecule has 4 aromatic rings. The molecule has 0 fully saturated rings. The van der Waals surface area contributed by atoms with Gasteiger partial charge in [-0.25, -0.2) is 4.98 Å². The first-order valence-corrected chi connectivity index (χ1v) is 11.8. The molecule has 10 nitrogen and oxygen atoms in total. The van der Waals surface area contributed by atoms with E-state index in [2.05, 4.69) is 36.1 Å². The number of carbonyl (C=O) groups is 1. The number of nitrogens with one attached hydrogen (secondary N) is 3. The van der Waals surface area contributed by atoms with Crippen LogP contribution in [0.1, 0.15) is 54.2 Å². The van der Waals surface area contributed by atoms with Crippen LogP contribution in [0, 0.1) is 0 Å². The first-order chi connectivity index (χ1) is 18.0. The van der Waals surface area contributed by atoms with Gasteiger partial charge >= 0.3 is 5.92 Å². The first-order valence-electron chi connectivity index (χ1n) is 11.8. The number of fused-ring (bicyclic) bond motifs is 1. The topological polar surface area (TPSA) is 138 Å². The summed E-state index contributed by atoms with van der Waals surface area (Å²) < 4.78 is 32.7. The number of nitrogens with zero attached hydrogens (tertiary/aromatic N) is 4. The second-order valence-electron chi connectivity index (χ2n) is 9.51. The van der Waals surface area contributed by atoms with Gasteiger partial charge in [0.25, 0.3) is 17.7 Å². The number of alkyl halides is 2. The number of anilines is 3. The normalized spacial score (nSPS) is 15.1. The minimum atomic E-state index is -3.32. The Bertz CT molecular complexity index is 1490. The molecule has 5 rings (SSSR count). The molecular formula is C26H25F2N7O3. The third-order valence-corrected chi connectivity index (χ3v) is 6.13. The molecule has 3 heterocycles. The Morgan fingerprint density at radius 3 is 2.58 bits per heavy atom. The Hall–Kier alpha value is -4.45. The van der Waals surface area contributed by atoms with Crippen LogP contribution in [0.3, 0.4) is 0 Å². The quantitative estimate of drug-likeness (QED) is 0.264. The lowest BCUT2D eigenvalue weighted by Gasteiger charge is -2.20. The number of rotatable bonds is 8. The van der Waals surface area contributed by atoms with Crippen molar-refractivity contribution in [1.29, 1.82) is 0 Å². The Labute approximate surface area is 216 Å². The number of hydrogen-bond acceptors (Lipinski definition) is 9. The Morgan fingerprint density at radius 1 is 1.13 bits per heavy atom. The van der Waals surface area contributed by atoms with E-state index in [1.807, 2.05) is 50.2 Å². The number of hydrogen-bond donors (Lipinski definition) is 4. The van der Waals surface area contributed by atoms with Gasteiger partial charge in [-0.3, -0.25) is 4.79 Å². The summed E-state index contributed by atoms with van der Waals surface area (Å²) >= 11 is 0. The van der Waals surface area contributed by atoms with E-state index in [1.165, 1.54) is 6.20 Å². The minimum absolute atomic E-state index is 0.142. The lowest BCUT2D eigenvalue weighted by atomic mass is 9.94. The van der Waals surface area contributed by atoms with Gasteiger partial charge in [0, 0.05) is 24.4 Å². The summed E-state index contributed by atoms with van der Waals surface area (Å²) in [4.78, 5) is 21.1. The first kappa shape index (κ1) is 25.2. The van der Waals surface area contributed by atoms with E-state index in [-0.39, 0.29) is 35.7 Å². The molecule has 0 saturated heterocycles. The van der Waals surface area contributed by atoms with Gasteiger partial charge in [0.2, 0.25) is 5.95 Å². The average molecular weight is 522 g/mol. The van der Waals surface area contributed by atoms with E-state index in [0.29, 0.717) is 18.2 Å². The predicted molar refractivity (Wildman–Crippen MR) is 135 cm³/mol. The summed E-state index contributed by atoms with van der Waals surface area (Å²) in [5.74, 6) is -4.15. The molecule has 1 aliphatic rings. The van der Waals surface area contributed by atoms with Gasteiger partial charge in [-0.2, -0.15) is 13.8 Å². The number of amides is 1. The molecule has 1 atom stereocenters. The second kappa shape index (κ2) is 9.45. The van der Waals surface area contributed by atoms with E-state index in [1.54, 1.807) is 12.1 Å². The molecule has 38 heavy (non-hydrogen) atoms. The molecule has 0 aliphatic carbocycles. The van der Waals surface area contributed by atoms with E-state index in [4.69, 9.17) is 4.42 Å². The molecule has 196 valence electrons. The van der Waals surface area contributed by atoms with Crippen LogP contribution in [0.2, 0.25) is 0 Å². The molecule has 2 aromatic carbocycles. The molecular weight excluding hydrogens is 496 g/mol. The van der Waals surface area contributed by atoms with Crippen LogP contribution in [0.5, 0.6) is 0 Å². The van der Waals surface area contributed by atoms with Gasteiger partial charge in [-0.15, -0.1) is 10.2 Å². The Morgan fingerprint density at radius 2 is 1.89 bits per heavy atom. The van der Waals surface area contributed by atoms with Gasteiger partial charge in [0.15, 0.2) is 0 Å². The number of aliphatic hydroxyl groups excluding tert-OH is 1. The number of carbonyl (C=O) groups excluding carboxylic acids is 1. The van der Waals surface area contributed by atoms with Crippen molar-refractivity contribution in [1.82, 2.24) is 25.5 Å². The van der Waals surface area contributed by atoms with Crippen molar-refractivity contribution < 1.29 is 23.1 Å². The highest BCUT2D eigenvalue weighted by Gasteiger charge is 2.35. The van der Waals surface area contributed by atoms with Crippen LogP contribution >= 0.6 is 0 Å². The molecule has 0 spiro atoms. The lowest BCUT2D eigenvalue weighted by Crippen LogP contribution is -2.32. The van der Waals surface area contributed by atoms with Crippen LogP contribution in [-0.2, 0) is 11.5 Å². The van der Waals surface area contributed by atoms with Crippen LogP contribution in [-0.4, -0.2) is 37.8 Å². The summed E-state index contributed by atoms with van der Waals surface area (Å²) in [6.07, 6.45) is 1.37. The highest BCUT2D eigenvalue weighted by molar-refractivity contribution is 6.00. The number of benzene rings is 2. The van der Waals surface area contributed by atoms with Crippen LogP contribution in [0.25, 0.3) is 11.5 Å². The molecule has 4 N–H and O–H groups in total. The summed E-state index contributed by atoms with van der Waals surface area (Å²) in [5, 5.41) is 26.5. The fraction of sp³-hybridized carbons (Fsp3) is 0.269. The lowest BCUT2D eigenvalue weighted by molar-refractivity contribution is -0.0105. The minimum Gasteiger partial charge on any atom is -0.415 e. The maximum Gasteiger partial charge on any atom is 0.321 e. The molecule has 0 saturated carbocycles. The van der Waals surface area contributed by atoms with Gasteiger partial charge < -0.3 is 25.5 Å². The molecule has 0 bridgehead atoms. The van der Waals surface area contributed by atoms with Crippen molar-refractivity contribution >= 4 is 23.4 Å². The average Bonchev–Trinajstić information content (AvgIpc) is 3.46. The third-order valence-electron chi connectivity index (χ3n) is 6.13. The van der Waals surface area contributed by atoms with E-state index >= 15 is 0 Å². The SMILES string of the molecule is CC(F)(F)c1nnc(-c2cnc(Nc3ccc4c(c3)C(C)(C)NC4=O)nc2N[C@H](CO)c2ccccc2)o1. The number of halogens is 2. The fourth-order valence-corrected chi connectivity index (χ4v) is 4.19. The third kappa shape index (κ3) is 4.90. The van der Waals surface area contributed by atoms with Crippen molar-refractivity contribution in [2.75, 3.05) is 17.2 Å². The molecule has 1 aliphatic heterocycles. The molecule has 12 heteroatoms. The van der Waals surface area contributed by atoms with E-state index in [9.17, 15) is 18.7 Å². The standard InChI is InChI=1S/C26H25F2N7O3/c1-25(2)18-11-15(9-10-16(18)21(37)33-25)30-24-29-12-17(22-34-35-23(38-22)26(3,27)28)20(32-24)31-19(13-36)14-7-5-4-6-8-14/h4-12,19,36H,13H2,1-3H3,(H,33,37)(H2,29,30,31,32)/t19-/m1/s1. The van der Waals surface area contributed by atoms with Crippen molar-refractivity contribution in [2.24, 2.45) is 0 Å². The maximum absolute atomic E-state index is 13.7. The summed E-state index contributed by atoms with van der Waals surface area (Å²) in [6.45, 7) is 4.19. The molecule has 2 aromatic heterocycles. The number of aromatic nitrogens is 4. The van der Waals surface area contributed by atoms with Crippen molar-refractivity contribution in [3.8, 4) is 11.5 Å². The largest absolute Gasteiger partial charge is 0.415 e. The fourth-order valence-electron chi connectivity index (χ4n) is 4.19. The molecule has 0 radical (unpaired) electrons. The highest BCUT2D eigenvalue weighted by Crippen LogP contribution is 2.35. The van der Waals surface area contributed by atoms with Crippen molar-refractivity contribution in [3.05, 3.63) is 77.3 Å². The smallest absolute Gasteiger partial charge is 0.321 e. The monoisotopic (exact) mass is 521 g/mol. The predicted octanol–water partition coefficient (Wildman–Crippen LogP) is 4.51. The van der Waals surface area contributed by atoms with Gasteiger partial charge in [0.05, 0.1) is 23.8 Å². The van der Waals surface area contributed by atoms with Gasteiger partial charge in [0.1, 0.15) is 5.82 Å². The number of aliphatic hydroxyl groups is 1. The zero-order valence-corrected chi connectivity index (χ0v) is 20.8. The summed E-state index contributed by atoms with van der Waals surface area (Å²) in [5.41, 5.74) is 2.47. The van der Waals surface area contributed by atoms with Crippen LogP contribution in [0.4, 0.5) is 26.2 Å². The molecule has 1 amide bonds. The highest BCUT2D eigenvalue weighted by atomic mass is 19.3. The summed E-state index contributed by atoms with van der Waals surface area (Å²) in [6, 6.07) is 13.9.